The number of benzene rings is 3. The Morgan fingerprint density at radius 2 is 1.50 bits per heavy atom. The van der Waals surface area contributed by atoms with Gasteiger partial charge in [0, 0.05) is 5.02 Å². The lowest BCUT2D eigenvalue weighted by Gasteiger charge is -2.26. The van der Waals surface area contributed by atoms with Gasteiger partial charge in [-0.05, 0) is 48.0 Å². The summed E-state index contributed by atoms with van der Waals surface area (Å²) in [5, 5.41) is 0.493. The molecule has 0 aliphatic rings. The molecule has 0 aliphatic heterocycles. The highest BCUT2D eigenvalue weighted by atomic mass is 35.5. The predicted molar refractivity (Wildman–Crippen MR) is 111 cm³/mol. The summed E-state index contributed by atoms with van der Waals surface area (Å²) in [6.07, 6.45) is 0. The number of para-hydroxylation sites is 2. The lowest BCUT2D eigenvalue weighted by atomic mass is 10.2. The van der Waals surface area contributed by atoms with Gasteiger partial charge in [0.15, 0.2) is 0 Å². The zero-order valence-corrected chi connectivity index (χ0v) is 17.1. The van der Waals surface area contributed by atoms with Crippen LogP contribution in [0.3, 0.4) is 0 Å². The fourth-order valence-electron chi connectivity index (χ4n) is 2.79. The number of anilines is 1. The van der Waals surface area contributed by atoms with Crippen molar-refractivity contribution in [1.29, 1.82) is 0 Å². The molecule has 0 spiro atoms. The van der Waals surface area contributed by atoms with Crippen LogP contribution < -0.4 is 13.8 Å². The summed E-state index contributed by atoms with van der Waals surface area (Å²) in [5.41, 5.74) is 1.12. The molecule has 0 saturated carbocycles. The first-order chi connectivity index (χ1) is 13.5. The Morgan fingerprint density at radius 3 is 2.14 bits per heavy atom. The van der Waals surface area contributed by atoms with E-state index in [9.17, 15) is 8.42 Å². The van der Waals surface area contributed by atoms with Crippen LogP contribution in [0.25, 0.3) is 0 Å². The number of methoxy groups -OCH3 is 2. The lowest BCUT2D eigenvalue weighted by Crippen LogP contribution is -2.31. The average Bonchev–Trinajstić information content (AvgIpc) is 2.73. The van der Waals surface area contributed by atoms with Crippen molar-refractivity contribution in [3.63, 3.8) is 0 Å². The second-order valence-electron chi connectivity index (χ2n) is 5.95. The van der Waals surface area contributed by atoms with Gasteiger partial charge in [-0.3, -0.25) is 4.31 Å². The molecule has 28 heavy (non-hydrogen) atoms. The van der Waals surface area contributed by atoms with Gasteiger partial charge < -0.3 is 9.47 Å². The molecule has 0 unspecified atom stereocenters. The van der Waals surface area contributed by atoms with Crippen molar-refractivity contribution in [2.75, 3.05) is 18.5 Å². The van der Waals surface area contributed by atoms with E-state index in [4.69, 9.17) is 21.1 Å². The van der Waals surface area contributed by atoms with E-state index in [-0.39, 0.29) is 11.4 Å². The fraction of sp³-hybridized carbons (Fsp3) is 0.143. The Labute approximate surface area is 170 Å². The molecule has 0 aliphatic carbocycles. The predicted octanol–water partition coefficient (Wildman–Crippen LogP) is 4.75. The van der Waals surface area contributed by atoms with Gasteiger partial charge >= 0.3 is 0 Å². The topological polar surface area (TPSA) is 55.8 Å². The lowest BCUT2D eigenvalue weighted by molar-refractivity contribution is 0.414. The van der Waals surface area contributed by atoms with Crippen molar-refractivity contribution in [2.24, 2.45) is 0 Å². The second kappa shape index (κ2) is 8.54. The third-order valence-corrected chi connectivity index (χ3v) is 6.42. The van der Waals surface area contributed by atoms with Crippen LogP contribution in [-0.2, 0) is 16.6 Å². The summed E-state index contributed by atoms with van der Waals surface area (Å²) < 4.78 is 38.8. The van der Waals surface area contributed by atoms with Crippen molar-refractivity contribution < 1.29 is 17.9 Å². The van der Waals surface area contributed by atoms with Crippen molar-refractivity contribution in [2.45, 2.75) is 11.4 Å². The molecule has 146 valence electrons. The smallest absolute Gasteiger partial charge is 0.264 e. The monoisotopic (exact) mass is 417 g/mol. The van der Waals surface area contributed by atoms with Gasteiger partial charge in [0.05, 0.1) is 31.3 Å². The van der Waals surface area contributed by atoms with E-state index >= 15 is 0 Å². The molecule has 0 heterocycles. The number of hydrogen-bond acceptors (Lipinski definition) is 4. The Morgan fingerprint density at radius 1 is 0.857 bits per heavy atom. The molecule has 7 heteroatoms. The first-order valence-corrected chi connectivity index (χ1v) is 10.3. The number of nitrogens with zero attached hydrogens (tertiary/aromatic N) is 1. The van der Waals surface area contributed by atoms with Crippen molar-refractivity contribution in [3.8, 4) is 11.5 Å². The minimum Gasteiger partial charge on any atom is -0.497 e. The number of ether oxygens (including phenoxy) is 2. The van der Waals surface area contributed by atoms with E-state index in [1.165, 1.54) is 30.7 Å². The Kier molecular flexibility index (Phi) is 6.11. The SMILES string of the molecule is COc1ccc(S(=O)(=O)N(Cc2ccccc2Cl)c2ccccc2OC)cc1. The zero-order chi connectivity index (χ0) is 20.1. The molecular weight excluding hydrogens is 398 g/mol. The number of sulfonamides is 1. The summed E-state index contributed by atoms with van der Waals surface area (Å²) in [5.74, 6) is 1.03. The van der Waals surface area contributed by atoms with Crippen LogP contribution in [-0.4, -0.2) is 22.6 Å². The van der Waals surface area contributed by atoms with Gasteiger partial charge in [-0.15, -0.1) is 0 Å². The number of hydrogen-bond donors (Lipinski definition) is 0. The number of rotatable bonds is 7. The summed E-state index contributed by atoms with van der Waals surface area (Å²) in [4.78, 5) is 0.145. The minimum absolute atomic E-state index is 0.0639. The molecule has 5 nitrogen and oxygen atoms in total. The molecular formula is C21H20ClNO4S. The first-order valence-electron chi connectivity index (χ1n) is 8.50. The van der Waals surface area contributed by atoms with Crippen molar-refractivity contribution >= 4 is 27.3 Å². The third kappa shape index (κ3) is 4.08. The fourth-order valence-corrected chi connectivity index (χ4v) is 4.44. The summed E-state index contributed by atoms with van der Waals surface area (Å²) in [6.45, 7) is 0.0639. The maximum atomic E-state index is 13.5. The quantitative estimate of drug-likeness (QED) is 0.556. The van der Waals surface area contributed by atoms with Crippen LogP contribution in [0.5, 0.6) is 11.5 Å². The molecule has 0 radical (unpaired) electrons. The normalized spacial score (nSPS) is 11.1. The first kappa shape index (κ1) is 20.0. The molecule has 3 aromatic carbocycles. The second-order valence-corrected chi connectivity index (χ2v) is 8.22. The van der Waals surface area contributed by atoms with Crippen LogP contribution in [0, 0.1) is 0 Å². The molecule has 0 fully saturated rings. The summed E-state index contributed by atoms with van der Waals surface area (Å²) >= 11 is 6.30. The third-order valence-electron chi connectivity index (χ3n) is 4.27. The molecule has 3 rings (SSSR count). The van der Waals surface area contributed by atoms with Gasteiger partial charge in [0.25, 0.3) is 10.0 Å². The molecule has 0 aromatic heterocycles. The van der Waals surface area contributed by atoms with Gasteiger partial charge in [-0.1, -0.05) is 41.9 Å². The molecule has 0 atom stereocenters. The van der Waals surface area contributed by atoms with Crippen LogP contribution >= 0.6 is 11.6 Å². The molecule has 3 aromatic rings. The van der Waals surface area contributed by atoms with Gasteiger partial charge in [-0.2, -0.15) is 0 Å². The molecule has 0 N–H and O–H groups in total. The van der Waals surface area contributed by atoms with Crippen molar-refractivity contribution in [1.82, 2.24) is 0 Å². The van der Waals surface area contributed by atoms with Crippen LogP contribution in [0.1, 0.15) is 5.56 Å². The van der Waals surface area contributed by atoms with Crippen LogP contribution in [0.4, 0.5) is 5.69 Å². The maximum absolute atomic E-state index is 13.5. The standard InChI is InChI=1S/C21H20ClNO4S/c1-26-17-11-13-18(14-12-17)28(24,25)23(15-16-7-3-4-8-19(16)22)20-9-5-6-10-21(20)27-2/h3-14H,15H2,1-2H3. The Hall–Kier alpha value is -2.70. The van der Waals surface area contributed by atoms with E-state index in [0.717, 1.165) is 0 Å². The molecule has 0 bridgehead atoms. The van der Waals surface area contributed by atoms with E-state index in [1.54, 1.807) is 54.6 Å². The maximum Gasteiger partial charge on any atom is 0.264 e. The number of halogens is 1. The highest BCUT2D eigenvalue weighted by molar-refractivity contribution is 7.92. The Balaban J connectivity index is 2.13. The van der Waals surface area contributed by atoms with Crippen LogP contribution in [0.2, 0.25) is 5.02 Å². The highest BCUT2D eigenvalue weighted by Crippen LogP contribution is 2.34. The van der Waals surface area contributed by atoms with Gasteiger partial charge in [0.2, 0.25) is 0 Å². The van der Waals surface area contributed by atoms with E-state index < -0.39 is 10.0 Å². The van der Waals surface area contributed by atoms with Gasteiger partial charge in [0.1, 0.15) is 11.5 Å². The van der Waals surface area contributed by atoms with E-state index in [2.05, 4.69) is 0 Å². The zero-order valence-electron chi connectivity index (χ0n) is 15.5. The Bertz CT molecular complexity index is 1050. The molecule has 0 amide bonds. The van der Waals surface area contributed by atoms with E-state index in [0.29, 0.717) is 27.8 Å². The molecule has 0 saturated heterocycles. The van der Waals surface area contributed by atoms with E-state index in [1.807, 2.05) is 6.07 Å². The largest absolute Gasteiger partial charge is 0.497 e. The van der Waals surface area contributed by atoms with Crippen molar-refractivity contribution in [3.05, 3.63) is 83.4 Å². The van der Waals surface area contributed by atoms with Crippen LogP contribution in [0.15, 0.2) is 77.7 Å². The minimum atomic E-state index is -3.89. The summed E-state index contributed by atoms with van der Waals surface area (Å²) in [6, 6.07) is 20.4. The average molecular weight is 418 g/mol. The van der Waals surface area contributed by atoms with Gasteiger partial charge in [-0.25, -0.2) is 8.42 Å². The summed E-state index contributed by atoms with van der Waals surface area (Å²) in [7, 11) is -0.851. The highest BCUT2D eigenvalue weighted by Gasteiger charge is 2.28.